The number of ether oxygens (including phenoxy) is 1. The molecular weight excluding hydrogens is 225 g/mol. The Bertz CT molecular complexity index is 443. The summed E-state index contributed by atoms with van der Waals surface area (Å²) in [6.07, 6.45) is 1.47. The van der Waals surface area contributed by atoms with E-state index >= 15 is 0 Å². The topological polar surface area (TPSA) is 58.6 Å². The Hall–Kier alpha value is -2.04. The molecular formula is C12H14FNO3. The van der Waals surface area contributed by atoms with Gasteiger partial charge in [-0.1, -0.05) is 6.08 Å². The summed E-state index contributed by atoms with van der Waals surface area (Å²) in [5.41, 5.74) is 0.486. The molecule has 0 aliphatic heterocycles. The SMILES string of the molecule is COc1ccc(F)c(NC/C=C(/C)C(=O)O)c1. The maximum atomic E-state index is 13.3. The van der Waals surface area contributed by atoms with E-state index in [-0.39, 0.29) is 17.8 Å². The molecule has 1 aromatic rings. The smallest absolute Gasteiger partial charge is 0.331 e. The molecule has 0 aromatic heterocycles. The fourth-order valence-corrected chi connectivity index (χ4v) is 1.17. The lowest BCUT2D eigenvalue weighted by Crippen LogP contribution is -2.04. The van der Waals surface area contributed by atoms with Crippen LogP contribution in [0, 0.1) is 5.82 Å². The Kier molecular flexibility index (Phi) is 4.51. The number of halogens is 1. The first-order valence-corrected chi connectivity index (χ1v) is 5.02. The van der Waals surface area contributed by atoms with Crippen LogP contribution in [-0.4, -0.2) is 24.7 Å². The van der Waals surface area contributed by atoms with Crippen molar-refractivity contribution >= 4 is 11.7 Å². The quantitative estimate of drug-likeness (QED) is 0.774. The Morgan fingerprint density at radius 3 is 2.88 bits per heavy atom. The van der Waals surface area contributed by atoms with Gasteiger partial charge in [0, 0.05) is 18.2 Å². The van der Waals surface area contributed by atoms with Crippen LogP contribution >= 0.6 is 0 Å². The van der Waals surface area contributed by atoms with Crippen molar-refractivity contribution < 1.29 is 19.0 Å². The average molecular weight is 239 g/mol. The lowest BCUT2D eigenvalue weighted by molar-refractivity contribution is -0.132. The summed E-state index contributed by atoms with van der Waals surface area (Å²) < 4.78 is 18.3. The van der Waals surface area contributed by atoms with Crippen molar-refractivity contribution in [1.29, 1.82) is 0 Å². The van der Waals surface area contributed by atoms with Gasteiger partial charge < -0.3 is 15.2 Å². The number of benzene rings is 1. The van der Waals surface area contributed by atoms with Gasteiger partial charge in [-0.25, -0.2) is 9.18 Å². The van der Waals surface area contributed by atoms with Gasteiger partial charge in [0.25, 0.3) is 0 Å². The molecule has 0 saturated heterocycles. The second-order valence-corrected chi connectivity index (χ2v) is 3.42. The van der Waals surface area contributed by atoms with Gasteiger partial charge in [0.2, 0.25) is 0 Å². The van der Waals surface area contributed by atoms with Crippen molar-refractivity contribution in [3.8, 4) is 5.75 Å². The Labute approximate surface area is 98.7 Å². The molecule has 0 fully saturated rings. The highest BCUT2D eigenvalue weighted by molar-refractivity contribution is 5.85. The molecule has 1 rings (SSSR count). The first-order chi connectivity index (χ1) is 8.04. The number of carboxylic acids is 1. The third-order valence-electron chi connectivity index (χ3n) is 2.21. The van der Waals surface area contributed by atoms with Gasteiger partial charge >= 0.3 is 5.97 Å². The second kappa shape index (κ2) is 5.89. The standard InChI is InChI=1S/C12H14FNO3/c1-8(12(15)16)5-6-14-11-7-9(17-2)3-4-10(11)13/h3-5,7,14H,6H2,1-2H3,(H,15,16)/b8-5-. The van der Waals surface area contributed by atoms with Crippen molar-refractivity contribution in [2.45, 2.75) is 6.92 Å². The lowest BCUT2D eigenvalue weighted by Gasteiger charge is -2.07. The molecule has 0 aliphatic rings. The predicted octanol–water partition coefficient (Wildman–Crippen LogP) is 2.28. The van der Waals surface area contributed by atoms with E-state index in [1.54, 1.807) is 0 Å². The molecule has 0 atom stereocenters. The summed E-state index contributed by atoms with van der Waals surface area (Å²) in [7, 11) is 1.49. The zero-order chi connectivity index (χ0) is 12.8. The Balaban J connectivity index is 2.69. The van der Waals surface area contributed by atoms with Crippen LogP contribution in [-0.2, 0) is 4.79 Å². The van der Waals surface area contributed by atoms with Gasteiger partial charge in [-0.3, -0.25) is 0 Å². The zero-order valence-corrected chi connectivity index (χ0v) is 9.66. The predicted molar refractivity (Wildman–Crippen MR) is 62.8 cm³/mol. The van der Waals surface area contributed by atoms with E-state index in [4.69, 9.17) is 9.84 Å². The number of carboxylic acid groups (broad SMARTS) is 1. The van der Waals surface area contributed by atoms with Gasteiger partial charge in [-0.05, 0) is 19.1 Å². The molecule has 0 amide bonds. The highest BCUT2D eigenvalue weighted by atomic mass is 19.1. The van der Waals surface area contributed by atoms with Crippen LogP contribution in [0.5, 0.6) is 5.75 Å². The van der Waals surface area contributed by atoms with E-state index < -0.39 is 11.8 Å². The monoisotopic (exact) mass is 239 g/mol. The molecule has 5 heteroatoms. The minimum atomic E-state index is -0.988. The molecule has 17 heavy (non-hydrogen) atoms. The van der Waals surface area contributed by atoms with Gasteiger partial charge in [0.15, 0.2) is 0 Å². The summed E-state index contributed by atoms with van der Waals surface area (Å²) in [4.78, 5) is 10.5. The molecule has 0 heterocycles. The van der Waals surface area contributed by atoms with Crippen molar-refractivity contribution in [3.63, 3.8) is 0 Å². The van der Waals surface area contributed by atoms with Crippen LogP contribution in [0.4, 0.5) is 10.1 Å². The molecule has 0 saturated carbocycles. The molecule has 2 N–H and O–H groups in total. The molecule has 0 unspecified atom stereocenters. The summed E-state index contributed by atoms with van der Waals surface area (Å²) in [6.45, 7) is 1.72. The van der Waals surface area contributed by atoms with Crippen LogP contribution in [0.15, 0.2) is 29.8 Å². The van der Waals surface area contributed by atoms with Crippen molar-refractivity contribution in [1.82, 2.24) is 0 Å². The average Bonchev–Trinajstić information content (AvgIpc) is 2.31. The van der Waals surface area contributed by atoms with E-state index in [9.17, 15) is 9.18 Å². The van der Waals surface area contributed by atoms with Gasteiger partial charge in [0.05, 0.1) is 12.8 Å². The summed E-state index contributed by atoms with van der Waals surface area (Å²) in [6, 6.07) is 4.31. The largest absolute Gasteiger partial charge is 0.497 e. The molecule has 0 radical (unpaired) electrons. The normalized spacial score (nSPS) is 11.1. The molecule has 0 spiro atoms. The summed E-state index contributed by atoms with van der Waals surface area (Å²) in [5.74, 6) is -0.863. The van der Waals surface area contributed by atoms with Crippen LogP contribution in [0.25, 0.3) is 0 Å². The molecule has 4 nitrogen and oxygen atoms in total. The Morgan fingerprint density at radius 2 is 2.29 bits per heavy atom. The summed E-state index contributed by atoms with van der Waals surface area (Å²) in [5, 5.41) is 11.4. The number of hydrogen-bond donors (Lipinski definition) is 2. The van der Waals surface area contributed by atoms with E-state index in [1.807, 2.05) is 0 Å². The molecule has 0 aliphatic carbocycles. The minimum Gasteiger partial charge on any atom is -0.497 e. The van der Waals surface area contributed by atoms with E-state index in [0.717, 1.165) is 0 Å². The van der Waals surface area contributed by atoms with E-state index in [1.165, 1.54) is 38.3 Å². The minimum absolute atomic E-state index is 0.209. The van der Waals surface area contributed by atoms with Gasteiger partial charge in [0.1, 0.15) is 11.6 Å². The molecule has 0 bridgehead atoms. The maximum absolute atomic E-state index is 13.3. The number of aliphatic carboxylic acids is 1. The number of rotatable bonds is 5. The van der Waals surface area contributed by atoms with Crippen LogP contribution in [0.2, 0.25) is 0 Å². The number of anilines is 1. The number of carbonyl (C=O) groups is 1. The Morgan fingerprint density at radius 1 is 1.59 bits per heavy atom. The van der Waals surface area contributed by atoms with Gasteiger partial charge in [-0.2, -0.15) is 0 Å². The van der Waals surface area contributed by atoms with Crippen molar-refractivity contribution in [2.24, 2.45) is 0 Å². The van der Waals surface area contributed by atoms with Crippen LogP contribution < -0.4 is 10.1 Å². The third kappa shape index (κ3) is 3.79. The number of hydrogen-bond acceptors (Lipinski definition) is 3. The fourth-order valence-electron chi connectivity index (χ4n) is 1.17. The number of methoxy groups -OCH3 is 1. The first kappa shape index (κ1) is 13.0. The highest BCUT2D eigenvalue weighted by Crippen LogP contribution is 2.20. The van der Waals surface area contributed by atoms with Crippen molar-refractivity contribution in [3.05, 3.63) is 35.7 Å². The van der Waals surface area contributed by atoms with Crippen LogP contribution in [0.1, 0.15) is 6.92 Å². The first-order valence-electron chi connectivity index (χ1n) is 5.02. The third-order valence-corrected chi connectivity index (χ3v) is 2.21. The lowest BCUT2D eigenvalue weighted by atomic mass is 10.2. The van der Waals surface area contributed by atoms with Gasteiger partial charge in [-0.15, -0.1) is 0 Å². The van der Waals surface area contributed by atoms with Crippen LogP contribution in [0.3, 0.4) is 0 Å². The van der Waals surface area contributed by atoms with Crippen molar-refractivity contribution in [2.75, 3.05) is 19.0 Å². The molecule has 92 valence electrons. The highest BCUT2D eigenvalue weighted by Gasteiger charge is 2.03. The second-order valence-electron chi connectivity index (χ2n) is 3.42. The number of nitrogens with one attached hydrogen (secondary N) is 1. The fraction of sp³-hybridized carbons (Fsp3) is 0.250. The van der Waals surface area contributed by atoms with E-state index in [2.05, 4.69) is 5.32 Å². The maximum Gasteiger partial charge on any atom is 0.331 e. The summed E-state index contributed by atoms with van der Waals surface area (Å²) >= 11 is 0. The molecule has 1 aromatic carbocycles. The van der Waals surface area contributed by atoms with E-state index in [0.29, 0.717) is 5.75 Å². The zero-order valence-electron chi connectivity index (χ0n) is 9.66.